The first-order valence-electron chi connectivity index (χ1n) is 9.19. The molecule has 6 nitrogen and oxygen atoms in total. The van der Waals surface area contributed by atoms with E-state index in [1.54, 1.807) is 4.68 Å². The van der Waals surface area contributed by atoms with Crippen LogP contribution in [0.2, 0.25) is 0 Å². The van der Waals surface area contributed by atoms with Crippen LogP contribution < -0.4 is 5.32 Å². The standard InChI is InChI=1S/C20H28FN3O3/c1-20(2,3)17(19(26)27-4)22-18(25)16-14-10-6-7-11-15(14)23-24(16)13-9-5-8-12-21/h6-7,10-11,17H,5,8-9,12-13H2,1-4H3,(H,22,25)/t17-/m1/s1. The number of nitrogens with one attached hydrogen (secondary N) is 1. The Morgan fingerprint density at radius 1 is 1.22 bits per heavy atom. The smallest absolute Gasteiger partial charge is 0.328 e. The number of benzene rings is 1. The van der Waals surface area contributed by atoms with Crippen molar-refractivity contribution in [2.24, 2.45) is 5.41 Å². The highest BCUT2D eigenvalue weighted by Gasteiger charge is 2.35. The SMILES string of the molecule is COC(=O)[C@@H](NC(=O)c1c2ccccc2nn1CCCCCF)C(C)(C)C. The maximum absolute atomic E-state index is 13.1. The van der Waals surface area contributed by atoms with Crippen molar-refractivity contribution >= 4 is 22.8 Å². The van der Waals surface area contributed by atoms with Crippen molar-refractivity contribution in [3.8, 4) is 0 Å². The Balaban J connectivity index is 2.33. The van der Waals surface area contributed by atoms with Crippen LogP contribution in [0.15, 0.2) is 24.3 Å². The van der Waals surface area contributed by atoms with E-state index in [-0.39, 0.29) is 12.6 Å². The van der Waals surface area contributed by atoms with E-state index in [0.717, 1.165) is 18.2 Å². The number of esters is 1. The van der Waals surface area contributed by atoms with E-state index in [0.29, 0.717) is 24.2 Å². The first-order valence-corrected chi connectivity index (χ1v) is 9.19. The summed E-state index contributed by atoms with van der Waals surface area (Å²) in [4.78, 5) is 25.2. The summed E-state index contributed by atoms with van der Waals surface area (Å²) in [5, 5.41) is 8.04. The minimum Gasteiger partial charge on any atom is -0.467 e. The van der Waals surface area contributed by atoms with Gasteiger partial charge in [-0.05, 0) is 30.7 Å². The fraction of sp³-hybridized carbons (Fsp3) is 0.550. The highest BCUT2D eigenvalue weighted by Crippen LogP contribution is 2.23. The minimum atomic E-state index is -0.788. The van der Waals surface area contributed by atoms with Crippen LogP contribution in [-0.2, 0) is 16.1 Å². The van der Waals surface area contributed by atoms with Crippen molar-refractivity contribution in [3.05, 3.63) is 30.0 Å². The van der Waals surface area contributed by atoms with Crippen LogP contribution in [0, 0.1) is 5.41 Å². The molecule has 0 aliphatic rings. The topological polar surface area (TPSA) is 73.2 Å². The Morgan fingerprint density at radius 3 is 2.56 bits per heavy atom. The van der Waals surface area contributed by atoms with Gasteiger partial charge in [-0.15, -0.1) is 0 Å². The highest BCUT2D eigenvalue weighted by molar-refractivity contribution is 6.06. The number of carbonyl (C=O) groups is 2. The molecule has 2 aromatic rings. The van der Waals surface area contributed by atoms with Gasteiger partial charge in [-0.3, -0.25) is 13.9 Å². The number of rotatable bonds is 8. The number of hydrogen-bond acceptors (Lipinski definition) is 4. The van der Waals surface area contributed by atoms with Crippen molar-refractivity contribution in [2.45, 2.75) is 52.6 Å². The van der Waals surface area contributed by atoms with E-state index < -0.39 is 17.4 Å². The fourth-order valence-electron chi connectivity index (χ4n) is 2.96. The zero-order valence-electron chi connectivity index (χ0n) is 16.4. The molecule has 1 N–H and O–H groups in total. The lowest BCUT2D eigenvalue weighted by atomic mass is 9.86. The number of amides is 1. The van der Waals surface area contributed by atoms with Crippen molar-refractivity contribution < 1.29 is 18.7 Å². The van der Waals surface area contributed by atoms with Crippen molar-refractivity contribution in [1.29, 1.82) is 0 Å². The number of aromatic nitrogens is 2. The highest BCUT2D eigenvalue weighted by atomic mass is 19.1. The summed E-state index contributed by atoms with van der Waals surface area (Å²) in [5.74, 6) is -0.867. The van der Waals surface area contributed by atoms with Gasteiger partial charge in [0.1, 0.15) is 11.7 Å². The summed E-state index contributed by atoms with van der Waals surface area (Å²) >= 11 is 0. The number of aryl methyl sites for hydroxylation is 1. The third kappa shape index (κ3) is 5.05. The molecular formula is C20H28FN3O3. The summed E-state index contributed by atoms with van der Waals surface area (Å²) in [6.45, 7) is 5.75. The predicted molar refractivity (Wildman–Crippen MR) is 102 cm³/mol. The number of halogens is 1. The van der Waals surface area contributed by atoms with Crippen molar-refractivity contribution in [3.63, 3.8) is 0 Å². The summed E-state index contributed by atoms with van der Waals surface area (Å²) in [7, 11) is 1.30. The second kappa shape index (κ2) is 8.97. The number of hydrogen-bond donors (Lipinski definition) is 1. The third-order valence-electron chi connectivity index (χ3n) is 4.44. The molecule has 148 valence electrons. The number of nitrogens with zero attached hydrogens (tertiary/aromatic N) is 2. The first-order chi connectivity index (χ1) is 12.8. The van der Waals surface area contributed by atoms with Gasteiger partial charge in [0.25, 0.3) is 5.91 Å². The molecule has 1 aromatic carbocycles. The zero-order chi connectivity index (χ0) is 20.0. The number of fused-ring (bicyclic) bond motifs is 1. The molecule has 0 unspecified atom stereocenters. The lowest BCUT2D eigenvalue weighted by molar-refractivity contribution is -0.145. The molecule has 1 amide bonds. The van der Waals surface area contributed by atoms with E-state index >= 15 is 0 Å². The minimum absolute atomic E-state index is 0.346. The summed E-state index contributed by atoms with van der Waals surface area (Å²) in [6, 6.07) is 6.58. The molecule has 27 heavy (non-hydrogen) atoms. The molecule has 1 atom stereocenters. The van der Waals surface area contributed by atoms with Crippen LogP contribution in [0.3, 0.4) is 0 Å². The Morgan fingerprint density at radius 2 is 1.93 bits per heavy atom. The molecule has 0 bridgehead atoms. The Kier molecular flexibility index (Phi) is 6.93. The zero-order valence-corrected chi connectivity index (χ0v) is 16.4. The third-order valence-corrected chi connectivity index (χ3v) is 4.44. The summed E-state index contributed by atoms with van der Waals surface area (Å²) in [5.41, 5.74) is 0.604. The summed E-state index contributed by atoms with van der Waals surface area (Å²) < 4.78 is 18.8. The maximum Gasteiger partial charge on any atom is 0.328 e. The molecular weight excluding hydrogens is 349 g/mol. The molecule has 0 radical (unpaired) electrons. The lowest BCUT2D eigenvalue weighted by Gasteiger charge is -2.29. The number of alkyl halides is 1. The number of unbranched alkanes of at least 4 members (excludes halogenated alkanes) is 2. The average molecular weight is 377 g/mol. The van der Waals surface area contributed by atoms with E-state index in [9.17, 15) is 14.0 Å². The second-order valence-electron chi connectivity index (χ2n) is 7.63. The van der Waals surface area contributed by atoms with Crippen LogP contribution in [-0.4, -0.2) is 41.5 Å². The first kappa shape index (κ1) is 20.9. The maximum atomic E-state index is 13.1. The van der Waals surface area contributed by atoms with Gasteiger partial charge in [0.2, 0.25) is 0 Å². The van der Waals surface area contributed by atoms with Crippen LogP contribution >= 0.6 is 0 Å². The van der Waals surface area contributed by atoms with E-state index in [4.69, 9.17) is 4.74 Å². The molecule has 2 rings (SSSR count). The lowest BCUT2D eigenvalue weighted by Crippen LogP contribution is -2.50. The van der Waals surface area contributed by atoms with Crippen molar-refractivity contribution in [1.82, 2.24) is 15.1 Å². The molecule has 1 aromatic heterocycles. The van der Waals surface area contributed by atoms with Crippen molar-refractivity contribution in [2.75, 3.05) is 13.8 Å². The van der Waals surface area contributed by atoms with Crippen LogP contribution in [0.25, 0.3) is 10.9 Å². The van der Waals surface area contributed by atoms with Gasteiger partial charge >= 0.3 is 5.97 Å². The van der Waals surface area contributed by atoms with Gasteiger partial charge in [-0.25, -0.2) is 4.79 Å². The molecule has 0 aliphatic carbocycles. The van der Waals surface area contributed by atoms with Gasteiger partial charge in [-0.1, -0.05) is 39.0 Å². The average Bonchev–Trinajstić information content (AvgIpc) is 3.00. The molecule has 0 spiro atoms. The monoisotopic (exact) mass is 377 g/mol. The number of ether oxygens (including phenoxy) is 1. The largest absolute Gasteiger partial charge is 0.467 e. The van der Waals surface area contributed by atoms with E-state index in [1.165, 1.54) is 7.11 Å². The quantitative estimate of drug-likeness (QED) is 0.564. The predicted octanol–water partition coefficient (Wildman–Crippen LogP) is 3.49. The normalized spacial score (nSPS) is 12.8. The molecule has 0 aliphatic heterocycles. The molecule has 0 fully saturated rings. The fourth-order valence-corrected chi connectivity index (χ4v) is 2.96. The number of carbonyl (C=O) groups excluding carboxylic acids is 2. The van der Waals surface area contributed by atoms with Crippen LogP contribution in [0.1, 0.15) is 50.5 Å². The van der Waals surface area contributed by atoms with Crippen LogP contribution in [0.5, 0.6) is 0 Å². The second-order valence-corrected chi connectivity index (χ2v) is 7.63. The van der Waals surface area contributed by atoms with Gasteiger partial charge < -0.3 is 10.1 Å². The van der Waals surface area contributed by atoms with Gasteiger partial charge in [0.15, 0.2) is 0 Å². The van der Waals surface area contributed by atoms with E-state index in [2.05, 4.69) is 10.4 Å². The molecule has 0 saturated heterocycles. The Bertz CT molecular complexity index is 795. The van der Waals surface area contributed by atoms with Gasteiger partial charge in [0.05, 0.1) is 19.3 Å². The Labute approximate surface area is 159 Å². The Hall–Kier alpha value is -2.44. The van der Waals surface area contributed by atoms with E-state index in [1.807, 2.05) is 45.0 Å². The van der Waals surface area contributed by atoms with Gasteiger partial charge in [0, 0.05) is 11.9 Å². The van der Waals surface area contributed by atoms with Gasteiger partial charge in [-0.2, -0.15) is 5.10 Å². The molecule has 1 heterocycles. The molecule has 7 heteroatoms. The van der Waals surface area contributed by atoms with Crippen LogP contribution in [0.4, 0.5) is 4.39 Å². The molecule has 0 saturated carbocycles. The summed E-state index contributed by atoms with van der Waals surface area (Å²) in [6.07, 6.45) is 1.94. The number of methoxy groups -OCH3 is 1.